The van der Waals surface area contributed by atoms with Crippen molar-refractivity contribution in [3.05, 3.63) is 23.8 Å². The van der Waals surface area contributed by atoms with Crippen LogP contribution in [0.25, 0.3) is 0 Å². The van der Waals surface area contributed by atoms with Crippen molar-refractivity contribution >= 4 is 0 Å². The highest BCUT2D eigenvalue weighted by atomic mass is 16.5. The van der Waals surface area contributed by atoms with Crippen molar-refractivity contribution in [1.29, 1.82) is 0 Å². The van der Waals surface area contributed by atoms with Gasteiger partial charge in [-0.3, -0.25) is 4.90 Å². The molecule has 1 rings (SSSR count). The maximum absolute atomic E-state index is 10.2. The largest absolute Gasteiger partial charge is 0.493 e. The van der Waals surface area contributed by atoms with Gasteiger partial charge in [0.05, 0.1) is 33.5 Å². The fraction of sp³-hybridized carbons (Fsp3) is 0.600. The Morgan fingerprint density at radius 2 is 1.62 bits per heavy atom. The molecule has 3 N–H and O–H groups in total. The quantitative estimate of drug-likeness (QED) is 0.581. The normalized spacial score (nSPS) is 12.5. The molecule has 1 atom stereocenters. The molecular formula is C15H25NO5. The predicted octanol–water partition coefficient (Wildman–Crippen LogP) is 0.414. The third kappa shape index (κ3) is 5.51. The van der Waals surface area contributed by atoms with Crippen LogP contribution in [0.5, 0.6) is 11.5 Å². The first kappa shape index (κ1) is 17.7. The summed E-state index contributed by atoms with van der Waals surface area (Å²) < 4.78 is 10.4. The number of ether oxygens (including phenoxy) is 2. The third-order valence-corrected chi connectivity index (χ3v) is 3.34. The monoisotopic (exact) mass is 299 g/mol. The van der Waals surface area contributed by atoms with Gasteiger partial charge >= 0.3 is 0 Å². The Labute approximate surface area is 125 Å². The van der Waals surface area contributed by atoms with Gasteiger partial charge in [0.1, 0.15) is 0 Å². The van der Waals surface area contributed by atoms with Gasteiger partial charge in [-0.1, -0.05) is 6.07 Å². The standard InChI is InChI=1S/C15H25NO5/c1-20-14-4-3-12(11-15(14)21-2)13(19)5-6-16(7-9-17)8-10-18/h3-4,11,13,17-19H,5-10H2,1-2H3. The van der Waals surface area contributed by atoms with Gasteiger partial charge in [-0.05, 0) is 24.1 Å². The number of benzene rings is 1. The minimum Gasteiger partial charge on any atom is -0.493 e. The Morgan fingerprint density at radius 3 is 2.14 bits per heavy atom. The molecule has 21 heavy (non-hydrogen) atoms. The summed E-state index contributed by atoms with van der Waals surface area (Å²) in [7, 11) is 3.12. The van der Waals surface area contributed by atoms with Crippen LogP contribution in [0, 0.1) is 0 Å². The molecule has 0 fully saturated rings. The van der Waals surface area contributed by atoms with E-state index in [1.54, 1.807) is 32.4 Å². The summed E-state index contributed by atoms with van der Waals surface area (Å²) in [4.78, 5) is 1.91. The summed E-state index contributed by atoms with van der Waals surface area (Å²) in [6, 6.07) is 5.32. The van der Waals surface area contributed by atoms with Crippen LogP contribution < -0.4 is 9.47 Å². The lowest BCUT2D eigenvalue weighted by Crippen LogP contribution is -2.31. The van der Waals surface area contributed by atoms with Crippen LogP contribution in [-0.2, 0) is 0 Å². The van der Waals surface area contributed by atoms with E-state index in [1.165, 1.54) is 0 Å². The number of hydrogen-bond donors (Lipinski definition) is 3. The fourth-order valence-corrected chi connectivity index (χ4v) is 2.15. The second kappa shape index (κ2) is 9.57. The molecule has 0 saturated heterocycles. The number of nitrogens with zero attached hydrogens (tertiary/aromatic N) is 1. The first-order chi connectivity index (χ1) is 10.2. The van der Waals surface area contributed by atoms with Crippen molar-refractivity contribution in [2.24, 2.45) is 0 Å². The Bertz CT molecular complexity index is 407. The average Bonchev–Trinajstić information content (AvgIpc) is 2.52. The van der Waals surface area contributed by atoms with E-state index in [0.717, 1.165) is 5.56 Å². The van der Waals surface area contributed by atoms with Gasteiger partial charge in [-0.25, -0.2) is 0 Å². The van der Waals surface area contributed by atoms with E-state index in [-0.39, 0.29) is 13.2 Å². The van der Waals surface area contributed by atoms with Crippen LogP contribution in [-0.4, -0.2) is 67.3 Å². The topological polar surface area (TPSA) is 82.4 Å². The zero-order valence-electron chi connectivity index (χ0n) is 12.7. The zero-order chi connectivity index (χ0) is 15.7. The number of aliphatic hydroxyl groups excluding tert-OH is 3. The molecular weight excluding hydrogens is 274 g/mol. The molecule has 0 spiro atoms. The van der Waals surface area contributed by atoms with E-state index in [4.69, 9.17) is 19.7 Å². The second-order valence-electron chi connectivity index (χ2n) is 4.71. The summed E-state index contributed by atoms with van der Waals surface area (Å²) in [6.07, 6.45) is -0.125. The first-order valence-corrected chi connectivity index (χ1v) is 7.00. The second-order valence-corrected chi connectivity index (χ2v) is 4.71. The lowest BCUT2D eigenvalue weighted by molar-refractivity contribution is 0.118. The summed E-state index contributed by atoms with van der Waals surface area (Å²) in [5.41, 5.74) is 0.751. The van der Waals surface area contributed by atoms with Gasteiger partial charge in [-0.2, -0.15) is 0 Å². The molecule has 6 nitrogen and oxygen atoms in total. The van der Waals surface area contributed by atoms with Gasteiger partial charge in [0.2, 0.25) is 0 Å². The van der Waals surface area contributed by atoms with Crippen molar-refractivity contribution in [3.63, 3.8) is 0 Å². The maximum Gasteiger partial charge on any atom is 0.161 e. The van der Waals surface area contributed by atoms with Crippen molar-refractivity contribution in [1.82, 2.24) is 4.90 Å². The summed E-state index contributed by atoms with van der Waals surface area (Å²) >= 11 is 0. The number of rotatable bonds is 10. The molecule has 1 aromatic rings. The Balaban J connectivity index is 2.64. The van der Waals surface area contributed by atoms with E-state index in [2.05, 4.69) is 0 Å². The number of methoxy groups -OCH3 is 2. The SMILES string of the molecule is COc1ccc(C(O)CCN(CCO)CCO)cc1OC. The molecule has 1 unspecified atom stereocenters. The third-order valence-electron chi connectivity index (χ3n) is 3.34. The maximum atomic E-state index is 10.2. The van der Waals surface area contributed by atoms with E-state index in [9.17, 15) is 5.11 Å². The molecule has 0 radical (unpaired) electrons. The minimum atomic E-state index is -0.635. The molecule has 6 heteroatoms. The van der Waals surface area contributed by atoms with Crippen LogP contribution in [0.15, 0.2) is 18.2 Å². The van der Waals surface area contributed by atoms with Crippen molar-refractivity contribution in [2.75, 3.05) is 47.1 Å². The van der Waals surface area contributed by atoms with E-state index in [1.807, 2.05) is 4.90 Å². The summed E-state index contributed by atoms with van der Waals surface area (Å²) in [5.74, 6) is 1.20. The highest BCUT2D eigenvalue weighted by Gasteiger charge is 2.13. The molecule has 120 valence electrons. The molecule has 0 bridgehead atoms. The molecule has 0 aliphatic heterocycles. The van der Waals surface area contributed by atoms with Crippen LogP contribution in [0.2, 0.25) is 0 Å². The van der Waals surface area contributed by atoms with Gasteiger partial charge < -0.3 is 24.8 Å². The molecule has 0 saturated carbocycles. The summed E-state index contributed by atoms with van der Waals surface area (Å²) in [6.45, 7) is 1.63. The number of hydrogen-bond acceptors (Lipinski definition) is 6. The molecule has 0 heterocycles. The highest BCUT2D eigenvalue weighted by molar-refractivity contribution is 5.43. The smallest absolute Gasteiger partial charge is 0.161 e. The molecule has 0 amide bonds. The van der Waals surface area contributed by atoms with Gasteiger partial charge in [0.25, 0.3) is 0 Å². The van der Waals surface area contributed by atoms with Gasteiger partial charge in [0.15, 0.2) is 11.5 Å². The minimum absolute atomic E-state index is 0.0342. The molecule has 0 aliphatic carbocycles. The van der Waals surface area contributed by atoms with E-state index >= 15 is 0 Å². The van der Waals surface area contributed by atoms with Gasteiger partial charge in [-0.15, -0.1) is 0 Å². The zero-order valence-corrected chi connectivity index (χ0v) is 12.7. The Hall–Kier alpha value is -1.34. The van der Waals surface area contributed by atoms with Crippen molar-refractivity contribution in [2.45, 2.75) is 12.5 Å². The van der Waals surface area contributed by atoms with Crippen molar-refractivity contribution in [3.8, 4) is 11.5 Å². The number of aliphatic hydroxyl groups is 3. The Kier molecular flexibility index (Phi) is 8.07. The molecule has 0 aliphatic rings. The molecule has 0 aromatic heterocycles. The van der Waals surface area contributed by atoms with Crippen molar-refractivity contribution < 1.29 is 24.8 Å². The van der Waals surface area contributed by atoms with Crippen LogP contribution in [0.3, 0.4) is 0 Å². The van der Waals surface area contributed by atoms with Gasteiger partial charge in [0, 0.05) is 19.6 Å². The van der Waals surface area contributed by atoms with Crippen LogP contribution in [0.4, 0.5) is 0 Å². The fourth-order valence-electron chi connectivity index (χ4n) is 2.15. The van der Waals surface area contributed by atoms with E-state index in [0.29, 0.717) is 37.6 Å². The lowest BCUT2D eigenvalue weighted by atomic mass is 10.1. The first-order valence-electron chi connectivity index (χ1n) is 7.00. The lowest BCUT2D eigenvalue weighted by Gasteiger charge is -2.22. The molecule has 1 aromatic carbocycles. The van der Waals surface area contributed by atoms with Crippen LogP contribution >= 0.6 is 0 Å². The Morgan fingerprint density at radius 1 is 1.00 bits per heavy atom. The summed E-state index contributed by atoms with van der Waals surface area (Å²) in [5, 5.41) is 28.2. The predicted molar refractivity (Wildman–Crippen MR) is 79.7 cm³/mol. The highest BCUT2D eigenvalue weighted by Crippen LogP contribution is 2.30. The van der Waals surface area contributed by atoms with Crippen LogP contribution in [0.1, 0.15) is 18.1 Å². The average molecular weight is 299 g/mol. The van der Waals surface area contributed by atoms with E-state index < -0.39 is 6.10 Å².